The van der Waals surface area contributed by atoms with E-state index in [1.807, 2.05) is 0 Å². The van der Waals surface area contributed by atoms with Gasteiger partial charge in [-0.25, -0.2) is 12.8 Å². The van der Waals surface area contributed by atoms with E-state index in [1.54, 1.807) is 6.92 Å². The summed E-state index contributed by atoms with van der Waals surface area (Å²) in [7, 11) is -3.97. The highest BCUT2D eigenvalue weighted by Crippen LogP contribution is 2.26. The van der Waals surface area contributed by atoms with Gasteiger partial charge in [-0.2, -0.15) is 4.31 Å². The number of pyridine rings is 1. The standard InChI is InChI=1S/C13H17FN2O4S/c1-2-20-13(17)12-5-3-4-6-16(12)21(18,19)11-7-10(14)8-15-9-11/h7-9,12H,2-6H2,1H3. The number of aromatic nitrogens is 1. The van der Waals surface area contributed by atoms with Crippen LogP contribution in [0.15, 0.2) is 23.4 Å². The van der Waals surface area contributed by atoms with Gasteiger partial charge in [-0.05, 0) is 32.3 Å². The third kappa shape index (κ3) is 3.38. The molecule has 2 rings (SSSR count). The minimum atomic E-state index is -3.97. The topological polar surface area (TPSA) is 76.6 Å². The molecule has 2 heterocycles. The lowest BCUT2D eigenvalue weighted by Gasteiger charge is -2.32. The molecule has 1 aromatic heterocycles. The Hall–Kier alpha value is -1.54. The fourth-order valence-electron chi connectivity index (χ4n) is 2.34. The molecule has 1 atom stereocenters. The zero-order valence-corrected chi connectivity index (χ0v) is 12.5. The summed E-state index contributed by atoms with van der Waals surface area (Å²) < 4.78 is 44.4. The molecule has 0 bridgehead atoms. The number of hydrogen-bond acceptors (Lipinski definition) is 5. The molecule has 0 aromatic carbocycles. The van der Waals surface area contributed by atoms with Gasteiger partial charge in [-0.15, -0.1) is 0 Å². The Kier molecular flexibility index (Phi) is 4.89. The van der Waals surface area contributed by atoms with Crippen molar-refractivity contribution in [2.45, 2.75) is 37.1 Å². The number of piperidine rings is 1. The van der Waals surface area contributed by atoms with Crippen molar-refractivity contribution in [3.05, 3.63) is 24.3 Å². The maximum Gasteiger partial charge on any atom is 0.324 e. The van der Waals surface area contributed by atoms with Gasteiger partial charge in [0.05, 0.1) is 12.8 Å². The highest BCUT2D eigenvalue weighted by molar-refractivity contribution is 7.89. The van der Waals surface area contributed by atoms with Crippen molar-refractivity contribution in [1.82, 2.24) is 9.29 Å². The molecule has 1 saturated heterocycles. The molecule has 0 radical (unpaired) electrons. The van der Waals surface area contributed by atoms with Crippen molar-refractivity contribution in [3.63, 3.8) is 0 Å². The Morgan fingerprint density at radius 1 is 1.48 bits per heavy atom. The Morgan fingerprint density at radius 3 is 2.90 bits per heavy atom. The van der Waals surface area contributed by atoms with Crippen molar-refractivity contribution < 1.29 is 22.3 Å². The van der Waals surface area contributed by atoms with Crippen molar-refractivity contribution >= 4 is 16.0 Å². The van der Waals surface area contributed by atoms with Gasteiger partial charge in [-0.1, -0.05) is 0 Å². The van der Waals surface area contributed by atoms with Gasteiger partial charge < -0.3 is 4.74 Å². The van der Waals surface area contributed by atoms with Crippen molar-refractivity contribution in [3.8, 4) is 0 Å². The number of hydrogen-bond donors (Lipinski definition) is 0. The predicted molar refractivity (Wildman–Crippen MR) is 72.4 cm³/mol. The minimum absolute atomic E-state index is 0.185. The van der Waals surface area contributed by atoms with Gasteiger partial charge in [0, 0.05) is 12.7 Å². The van der Waals surface area contributed by atoms with E-state index in [1.165, 1.54) is 0 Å². The molecule has 1 aromatic rings. The Morgan fingerprint density at radius 2 is 2.24 bits per heavy atom. The van der Waals surface area contributed by atoms with Crippen LogP contribution in [0.25, 0.3) is 0 Å². The van der Waals surface area contributed by atoms with E-state index in [0.29, 0.717) is 12.8 Å². The monoisotopic (exact) mass is 316 g/mol. The van der Waals surface area contributed by atoms with Gasteiger partial charge in [0.1, 0.15) is 16.8 Å². The Labute approximate surface area is 123 Å². The first-order valence-corrected chi connectivity index (χ1v) is 8.20. The zero-order chi connectivity index (χ0) is 15.5. The average molecular weight is 316 g/mol. The van der Waals surface area contributed by atoms with Crippen LogP contribution < -0.4 is 0 Å². The summed E-state index contributed by atoms with van der Waals surface area (Å²) in [6.07, 6.45) is 3.81. The summed E-state index contributed by atoms with van der Waals surface area (Å²) in [6, 6.07) is 0.0473. The number of ether oxygens (including phenoxy) is 1. The Bertz CT molecular complexity index is 620. The maximum atomic E-state index is 13.2. The van der Waals surface area contributed by atoms with Crippen LogP contribution in [0.4, 0.5) is 4.39 Å². The summed E-state index contributed by atoms with van der Waals surface area (Å²) in [5, 5.41) is 0. The summed E-state index contributed by atoms with van der Waals surface area (Å²) in [6.45, 7) is 2.06. The minimum Gasteiger partial charge on any atom is -0.465 e. The summed E-state index contributed by atoms with van der Waals surface area (Å²) in [5.74, 6) is -1.30. The van der Waals surface area contributed by atoms with E-state index in [9.17, 15) is 17.6 Å². The van der Waals surface area contributed by atoms with Gasteiger partial charge in [0.25, 0.3) is 0 Å². The third-order valence-corrected chi connectivity index (χ3v) is 5.17. The molecule has 116 valence electrons. The molecule has 8 heteroatoms. The number of esters is 1. The SMILES string of the molecule is CCOC(=O)C1CCCCN1S(=O)(=O)c1cncc(F)c1. The van der Waals surface area contributed by atoms with Crippen LogP contribution in [0.2, 0.25) is 0 Å². The molecule has 21 heavy (non-hydrogen) atoms. The van der Waals surface area contributed by atoms with Gasteiger partial charge in [0.2, 0.25) is 10.0 Å². The first-order valence-electron chi connectivity index (χ1n) is 6.76. The number of halogens is 1. The lowest BCUT2D eigenvalue weighted by molar-refractivity contribution is -0.148. The van der Waals surface area contributed by atoms with E-state index in [2.05, 4.69) is 4.98 Å². The van der Waals surface area contributed by atoms with Gasteiger partial charge >= 0.3 is 5.97 Å². The van der Waals surface area contributed by atoms with Gasteiger partial charge in [-0.3, -0.25) is 9.78 Å². The number of rotatable bonds is 4. The second kappa shape index (κ2) is 6.48. The summed E-state index contributed by atoms with van der Waals surface area (Å²) in [4.78, 5) is 15.2. The van der Waals surface area contributed by atoms with E-state index >= 15 is 0 Å². The normalized spacial score (nSPS) is 20.2. The van der Waals surface area contributed by atoms with Crippen molar-refractivity contribution in [2.75, 3.05) is 13.2 Å². The molecular weight excluding hydrogens is 299 g/mol. The first-order chi connectivity index (χ1) is 9.96. The molecule has 0 saturated carbocycles. The molecule has 0 amide bonds. The van der Waals surface area contributed by atoms with Crippen LogP contribution in [0.3, 0.4) is 0 Å². The number of carbonyl (C=O) groups is 1. The molecule has 1 aliphatic rings. The van der Waals surface area contributed by atoms with Crippen LogP contribution in [0.1, 0.15) is 26.2 Å². The molecule has 0 N–H and O–H groups in total. The van der Waals surface area contributed by atoms with E-state index < -0.39 is 27.9 Å². The first kappa shape index (κ1) is 15.8. The third-order valence-electron chi connectivity index (χ3n) is 3.30. The molecule has 1 aliphatic heterocycles. The van der Waals surface area contributed by atoms with E-state index in [-0.39, 0.29) is 18.0 Å². The average Bonchev–Trinajstić information content (AvgIpc) is 2.47. The molecule has 0 spiro atoms. The molecule has 6 nitrogen and oxygen atoms in total. The molecular formula is C13H17FN2O4S. The second-order valence-electron chi connectivity index (χ2n) is 4.72. The molecule has 0 aliphatic carbocycles. The quantitative estimate of drug-likeness (QED) is 0.783. The predicted octanol–water partition coefficient (Wildman–Crippen LogP) is 1.33. The number of nitrogens with zero attached hydrogens (tertiary/aromatic N) is 2. The maximum absolute atomic E-state index is 13.2. The summed E-state index contributed by atoms with van der Waals surface area (Å²) in [5.41, 5.74) is 0. The highest BCUT2D eigenvalue weighted by atomic mass is 32.2. The lowest BCUT2D eigenvalue weighted by Crippen LogP contribution is -2.48. The van der Waals surface area contributed by atoms with Crippen molar-refractivity contribution in [1.29, 1.82) is 0 Å². The van der Waals surface area contributed by atoms with Crippen LogP contribution in [-0.2, 0) is 19.6 Å². The lowest BCUT2D eigenvalue weighted by atomic mass is 10.1. The zero-order valence-electron chi connectivity index (χ0n) is 11.7. The van der Waals surface area contributed by atoms with Crippen LogP contribution >= 0.6 is 0 Å². The van der Waals surface area contributed by atoms with Crippen molar-refractivity contribution in [2.24, 2.45) is 0 Å². The van der Waals surface area contributed by atoms with Gasteiger partial charge in [0.15, 0.2) is 0 Å². The largest absolute Gasteiger partial charge is 0.465 e. The van der Waals surface area contributed by atoms with Crippen LogP contribution in [0, 0.1) is 5.82 Å². The summed E-state index contributed by atoms with van der Waals surface area (Å²) >= 11 is 0. The van der Waals surface area contributed by atoms with E-state index in [4.69, 9.17) is 4.74 Å². The number of carbonyl (C=O) groups excluding carboxylic acids is 1. The Balaban J connectivity index is 2.34. The fraction of sp³-hybridized carbons (Fsp3) is 0.538. The number of sulfonamides is 1. The fourth-order valence-corrected chi connectivity index (χ4v) is 3.96. The highest BCUT2D eigenvalue weighted by Gasteiger charge is 2.38. The second-order valence-corrected chi connectivity index (χ2v) is 6.61. The van der Waals surface area contributed by atoms with Crippen LogP contribution in [0.5, 0.6) is 0 Å². The van der Waals surface area contributed by atoms with E-state index in [0.717, 1.165) is 29.2 Å². The van der Waals surface area contributed by atoms with Crippen LogP contribution in [-0.4, -0.2) is 42.9 Å². The molecule has 1 fully saturated rings. The smallest absolute Gasteiger partial charge is 0.324 e. The molecule has 1 unspecified atom stereocenters.